The van der Waals surface area contributed by atoms with Gasteiger partial charge in [0, 0.05) is 76.6 Å². The van der Waals surface area contributed by atoms with E-state index in [0.29, 0.717) is 24.3 Å². The second-order valence-electron chi connectivity index (χ2n) is 19.2. The van der Waals surface area contributed by atoms with Crippen molar-refractivity contribution in [3.8, 4) is 17.4 Å². The Labute approximate surface area is 403 Å². The van der Waals surface area contributed by atoms with E-state index >= 15 is 0 Å². The fourth-order valence-corrected chi connectivity index (χ4v) is 10.5. The molecule has 6 aromatic rings. The quantitative estimate of drug-likeness (QED) is 0.0649. The number of piperazine rings is 1. The van der Waals surface area contributed by atoms with Crippen LogP contribution in [0.2, 0.25) is 35.7 Å². The minimum atomic E-state index is -4.44. The number of nitrogens with zero attached hydrogens (tertiary/aromatic N) is 7. The van der Waals surface area contributed by atoms with Crippen LogP contribution in [0.4, 0.5) is 5.69 Å². The van der Waals surface area contributed by atoms with Crippen LogP contribution in [0.1, 0.15) is 49.0 Å². The van der Waals surface area contributed by atoms with E-state index in [1.165, 1.54) is 22.8 Å². The van der Waals surface area contributed by atoms with Crippen LogP contribution < -0.4 is 19.1 Å². The molecule has 4 heterocycles. The van der Waals surface area contributed by atoms with Crippen molar-refractivity contribution in [3.05, 3.63) is 125 Å². The maximum absolute atomic E-state index is 14.1. The van der Waals surface area contributed by atoms with Crippen molar-refractivity contribution in [1.82, 2.24) is 33.9 Å². The van der Waals surface area contributed by atoms with Gasteiger partial charge >= 0.3 is 0 Å². The third kappa shape index (κ3) is 12.3. The molecule has 0 unspecified atom stereocenters. The molecule has 8 rings (SSSR count). The summed E-state index contributed by atoms with van der Waals surface area (Å²) in [5, 5.41) is 6.02. The third-order valence-electron chi connectivity index (χ3n) is 12.3. The molecule has 0 radical (unpaired) electrons. The highest BCUT2D eigenvalue weighted by Crippen LogP contribution is 2.43. The molecular weight excluding hydrogens is 928 g/mol. The molecule has 2 aliphatic rings. The van der Waals surface area contributed by atoms with Gasteiger partial charge in [0.15, 0.2) is 0 Å². The smallest absolute Gasteiger partial charge is 0.268 e. The Morgan fingerprint density at radius 2 is 1.73 bits per heavy atom. The number of allylic oxidation sites excluding steroid dienone is 1. The number of fused-ring (bicyclic) bond motifs is 1. The Kier molecular flexibility index (Phi) is 14.8. The monoisotopic (exact) mass is 984 g/mol. The van der Waals surface area contributed by atoms with E-state index in [1.807, 2.05) is 34.9 Å². The normalized spacial score (nSPS) is 15.8. The Morgan fingerprint density at radius 1 is 0.940 bits per heavy atom. The molecule has 0 spiro atoms. The van der Waals surface area contributed by atoms with Gasteiger partial charge in [-0.1, -0.05) is 80.5 Å². The van der Waals surface area contributed by atoms with Crippen LogP contribution in [0.5, 0.6) is 17.4 Å². The van der Waals surface area contributed by atoms with E-state index in [9.17, 15) is 13.2 Å². The number of carbonyl (C=O) groups is 1. The van der Waals surface area contributed by atoms with Gasteiger partial charge in [0.25, 0.3) is 15.9 Å². The fourth-order valence-electron chi connectivity index (χ4n) is 8.36. The lowest BCUT2D eigenvalue weighted by Gasteiger charge is -2.39. The molecule has 0 bridgehead atoms. The Balaban J connectivity index is 1.02. The van der Waals surface area contributed by atoms with Crippen molar-refractivity contribution >= 4 is 69.4 Å². The van der Waals surface area contributed by atoms with Crippen molar-refractivity contribution in [3.63, 3.8) is 0 Å². The molecule has 3 aromatic heterocycles. The van der Waals surface area contributed by atoms with Crippen molar-refractivity contribution in [1.29, 1.82) is 0 Å². The number of benzene rings is 3. The lowest BCUT2D eigenvalue weighted by Crippen LogP contribution is -2.47. The first-order valence-corrected chi connectivity index (χ1v) is 28.5. The largest absolute Gasteiger partial charge is 0.475 e. The number of aromatic nitrogens is 5. The van der Waals surface area contributed by atoms with Crippen molar-refractivity contribution in [2.75, 3.05) is 50.8 Å². The third-order valence-corrected chi connectivity index (χ3v) is 15.8. The van der Waals surface area contributed by atoms with E-state index in [0.717, 1.165) is 80.5 Å². The van der Waals surface area contributed by atoms with Crippen LogP contribution in [0.15, 0.2) is 108 Å². The van der Waals surface area contributed by atoms with Crippen molar-refractivity contribution in [2.45, 2.75) is 77.0 Å². The number of nitrogens with one attached hydrogen (secondary N) is 1. The minimum absolute atomic E-state index is 0.0189. The van der Waals surface area contributed by atoms with Gasteiger partial charge in [-0.25, -0.2) is 27.8 Å². The molecule has 0 atom stereocenters. The number of pyridine rings is 1. The standard InChI is InChI=1S/C49H58Cl2N8O6SSi/c1-49(2)16-15-36(41(29-49)35-9-11-37(50)12-10-35)32-56-19-21-58(22-20-56)38-13-14-40(46(27-38)65-45-8-6-7-44-42(45)31-54-59(44)34-63-25-26-67(3,4)5)47(60)55-66(61,62)39-28-43(51)48(53-30-39)64-24-23-57-18-17-52-33-57/h6-14,17-18,27-28,30-31,33H,15-16,19-26,29,32,34H2,1-5H3,(H,55,60). The number of ether oxygens (including phenoxy) is 3. The number of hydrogen-bond acceptors (Lipinski definition) is 11. The van der Waals surface area contributed by atoms with Gasteiger partial charge in [0.05, 0.1) is 41.7 Å². The highest BCUT2D eigenvalue weighted by atomic mass is 35.5. The number of anilines is 1. The second-order valence-corrected chi connectivity index (χ2v) is 27.3. The highest BCUT2D eigenvalue weighted by Gasteiger charge is 2.30. The van der Waals surface area contributed by atoms with Gasteiger partial charge in [-0.2, -0.15) is 5.10 Å². The predicted octanol–water partition coefficient (Wildman–Crippen LogP) is 10.0. The highest BCUT2D eigenvalue weighted by molar-refractivity contribution is 7.90. The molecule has 0 saturated carbocycles. The molecular formula is C49H58Cl2N8O6SSi. The van der Waals surface area contributed by atoms with E-state index in [-0.39, 0.29) is 45.9 Å². The van der Waals surface area contributed by atoms with E-state index in [4.69, 9.17) is 37.4 Å². The van der Waals surface area contributed by atoms with Crippen molar-refractivity contribution < 1.29 is 27.4 Å². The van der Waals surface area contributed by atoms with Gasteiger partial charge in [0.2, 0.25) is 5.88 Å². The number of carbonyl (C=O) groups excluding carboxylic acids is 1. The second kappa shape index (κ2) is 20.6. The van der Waals surface area contributed by atoms with Gasteiger partial charge in [-0.3, -0.25) is 9.69 Å². The summed E-state index contributed by atoms with van der Waals surface area (Å²) in [5.74, 6) is -0.195. The summed E-state index contributed by atoms with van der Waals surface area (Å²) >= 11 is 12.7. The molecule has 1 fully saturated rings. The lowest BCUT2D eigenvalue weighted by molar-refractivity contribution is 0.0817. The number of imidazole rings is 1. The first-order valence-electron chi connectivity index (χ1n) is 22.6. The van der Waals surface area contributed by atoms with Crippen molar-refractivity contribution in [2.24, 2.45) is 5.41 Å². The van der Waals surface area contributed by atoms with Crippen LogP contribution in [-0.2, 0) is 28.0 Å². The topological polar surface area (TPSA) is 146 Å². The summed E-state index contributed by atoms with van der Waals surface area (Å²) in [6.45, 7) is 17.3. The maximum atomic E-state index is 14.1. The first-order chi connectivity index (χ1) is 32.0. The number of hydrogen-bond donors (Lipinski definition) is 1. The SMILES string of the molecule is CC1(C)CCC(CN2CCN(c3ccc(C(=O)NS(=O)(=O)c4cnc(OCCn5ccnc5)c(Cl)c4)c(Oc4cccc5c4cnn5COCC[Si](C)(C)C)c3)CC2)=C(c2ccc(Cl)cc2)C1. The zero-order chi connectivity index (χ0) is 47.3. The van der Waals surface area contributed by atoms with Gasteiger partial charge in [-0.05, 0) is 84.3 Å². The summed E-state index contributed by atoms with van der Waals surface area (Å²) in [4.78, 5) is 26.8. The molecule has 1 amide bonds. The summed E-state index contributed by atoms with van der Waals surface area (Å²) in [5.41, 5.74) is 6.02. The summed E-state index contributed by atoms with van der Waals surface area (Å²) in [6, 6.07) is 21.3. The molecule has 3 aromatic carbocycles. The summed E-state index contributed by atoms with van der Waals surface area (Å²) in [6.07, 6.45) is 11.1. The number of sulfonamides is 1. The molecule has 1 aliphatic carbocycles. The lowest BCUT2D eigenvalue weighted by atomic mass is 9.72. The number of amides is 1. The molecule has 354 valence electrons. The Bertz CT molecular complexity index is 2840. The van der Waals surface area contributed by atoms with Crippen LogP contribution >= 0.6 is 23.2 Å². The molecule has 1 saturated heterocycles. The average Bonchev–Trinajstić information content (AvgIpc) is 3.97. The van der Waals surface area contributed by atoms with Crippen LogP contribution in [0.3, 0.4) is 0 Å². The maximum Gasteiger partial charge on any atom is 0.268 e. The minimum Gasteiger partial charge on any atom is -0.475 e. The van der Waals surface area contributed by atoms with E-state index < -0.39 is 24.0 Å². The number of rotatable bonds is 18. The summed E-state index contributed by atoms with van der Waals surface area (Å²) in [7, 11) is -5.72. The molecule has 67 heavy (non-hydrogen) atoms. The molecule has 1 aliphatic heterocycles. The zero-order valence-corrected chi connectivity index (χ0v) is 42.0. The Hall–Kier alpha value is -5.23. The molecule has 18 heteroatoms. The van der Waals surface area contributed by atoms with Crippen LogP contribution in [-0.4, -0.2) is 97.6 Å². The Morgan fingerprint density at radius 3 is 2.46 bits per heavy atom. The fraction of sp³-hybridized carbons (Fsp3) is 0.388. The van der Waals surface area contributed by atoms with Crippen LogP contribution in [0, 0.1) is 5.41 Å². The van der Waals surface area contributed by atoms with Gasteiger partial charge < -0.3 is 23.7 Å². The first kappa shape index (κ1) is 48.2. The molecule has 14 nitrogen and oxygen atoms in total. The number of halogens is 2. The zero-order valence-electron chi connectivity index (χ0n) is 38.7. The van der Waals surface area contributed by atoms with E-state index in [2.05, 4.69) is 75.2 Å². The average molecular weight is 986 g/mol. The predicted molar refractivity (Wildman–Crippen MR) is 267 cm³/mol. The summed E-state index contributed by atoms with van der Waals surface area (Å²) < 4.78 is 51.6. The van der Waals surface area contributed by atoms with E-state index in [1.54, 1.807) is 47.8 Å². The van der Waals surface area contributed by atoms with Gasteiger partial charge in [0.1, 0.15) is 34.8 Å². The van der Waals surface area contributed by atoms with Gasteiger partial charge in [-0.15, -0.1) is 0 Å². The van der Waals surface area contributed by atoms with Crippen LogP contribution in [0.25, 0.3) is 16.5 Å². The molecule has 1 N–H and O–H groups in total.